The van der Waals surface area contributed by atoms with Crippen LogP contribution in [0.2, 0.25) is 0 Å². The Balaban J connectivity index is 2.02. The number of hydrogen-bond donors (Lipinski definition) is 2. The van der Waals surface area contributed by atoms with Crippen LogP contribution in [0.25, 0.3) is 0 Å². The third-order valence-corrected chi connectivity index (χ3v) is 2.72. The number of aromatic carboxylic acids is 1. The first-order chi connectivity index (χ1) is 6.99. The summed E-state index contributed by atoms with van der Waals surface area (Å²) in [5.41, 5.74) is 0.281. The molecule has 5 heteroatoms. The molecular formula is C10H13N3O2. The summed E-state index contributed by atoms with van der Waals surface area (Å²) in [7, 11) is 0. The van der Waals surface area contributed by atoms with E-state index in [4.69, 9.17) is 5.11 Å². The van der Waals surface area contributed by atoms with Crippen LogP contribution >= 0.6 is 0 Å². The maximum atomic E-state index is 10.5. The number of nitrogens with zero attached hydrogens (tertiary/aromatic N) is 2. The highest BCUT2D eigenvalue weighted by molar-refractivity contribution is 5.85. The summed E-state index contributed by atoms with van der Waals surface area (Å²) in [6.07, 6.45) is 1.11. The number of rotatable bonds is 3. The molecule has 0 saturated heterocycles. The van der Waals surface area contributed by atoms with E-state index in [1.165, 1.54) is 6.07 Å². The minimum Gasteiger partial charge on any atom is -0.476 e. The van der Waals surface area contributed by atoms with Crippen molar-refractivity contribution in [3.8, 4) is 0 Å². The summed E-state index contributed by atoms with van der Waals surface area (Å²) in [5, 5.41) is 19.2. The van der Waals surface area contributed by atoms with E-state index in [9.17, 15) is 4.79 Å². The molecule has 0 radical (unpaired) electrons. The van der Waals surface area contributed by atoms with Gasteiger partial charge in [-0.1, -0.05) is 13.8 Å². The van der Waals surface area contributed by atoms with Crippen molar-refractivity contribution in [1.29, 1.82) is 0 Å². The molecule has 5 nitrogen and oxygen atoms in total. The van der Waals surface area contributed by atoms with E-state index in [0.29, 0.717) is 17.3 Å². The van der Waals surface area contributed by atoms with Crippen LogP contribution in [0.3, 0.4) is 0 Å². The topological polar surface area (TPSA) is 75.1 Å². The van der Waals surface area contributed by atoms with Crippen LogP contribution in [0.4, 0.5) is 5.82 Å². The molecule has 1 aliphatic rings. The fourth-order valence-corrected chi connectivity index (χ4v) is 1.42. The maximum Gasteiger partial charge on any atom is 0.356 e. The molecule has 1 aliphatic carbocycles. The Bertz CT molecular complexity index is 386. The van der Waals surface area contributed by atoms with Gasteiger partial charge in [-0.05, 0) is 24.0 Å². The first-order valence-corrected chi connectivity index (χ1v) is 4.82. The van der Waals surface area contributed by atoms with Crippen molar-refractivity contribution in [1.82, 2.24) is 10.2 Å². The largest absolute Gasteiger partial charge is 0.476 e. The van der Waals surface area contributed by atoms with Gasteiger partial charge in [-0.15, -0.1) is 10.2 Å². The number of carbonyl (C=O) groups is 1. The molecular weight excluding hydrogens is 194 g/mol. The second kappa shape index (κ2) is 3.18. The molecule has 1 fully saturated rings. The molecule has 2 N–H and O–H groups in total. The zero-order valence-electron chi connectivity index (χ0n) is 8.69. The molecule has 1 aromatic rings. The van der Waals surface area contributed by atoms with Gasteiger partial charge in [0.25, 0.3) is 0 Å². The first-order valence-electron chi connectivity index (χ1n) is 4.82. The van der Waals surface area contributed by atoms with Crippen molar-refractivity contribution >= 4 is 11.8 Å². The van der Waals surface area contributed by atoms with Gasteiger partial charge in [-0.2, -0.15) is 0 Å². The van der Waals surface area contributed by atoms with Gasteiger partial charge in [0.2, 0.25) is 0 Å². The Morgan fingerprint density at radius 1 is 1.53 bits per heavy atom. The molecule has 1 aromatic heterocycles. The highest BCUT2D eigenvalue weighted by Crippen LogP contribution is 2.46. The summed E-state index contributed by atoms with van der Waals surface area (Å²) in [4.78, 5) is 10.5. The van der Waals surface area contributed by atoms with Crippen LogP contribution in [0, 0.1) is 5.41 Å². The van der Waals surface area contributed by atoms with Crippen molar-refractivity contribution in [3.63, 3.8) is 0 Å². The van der Waals surface area contributed by atoms with Crippen molar-refractivity contribution in [2.45, 2.75) is 26.3 Å². The number of carboxylic acid groups (broad SMARTS) is 1. The predicted molar refractivity (Wildman–Crippen MR) is 54.8 cm³/mol. The van der Waals surface area contributed by atoms with Crippen LogP contribution in [0.15, 0.2) is 12.1 Å². The zero-order valence-corrected chi connectivity index (χ0v) is 8.69. The van der Waals surface area contributed by atoms with E-state index in [0.717, 1.165) is 6.42 Å². The molecule has 0 spiro atoms. The molecule has 1 heterocycles. The maximum absolute atomic E-state index is 10.5. The van der Waals surface area contributed by atoms with Crippen molar-refractivity contribution in [2.24, 2.45) is 5.41 Å². The molecule has 1 saturated carbocycles. The van der Waals surface area contributed by atoms with E-state index in [1.807, 2.05) is 0 Å². The highest BCUT2D eigenvalue weighted by atomic mass is 16.4. The van der Waals surface area contributed by atoms with E-state index in [2.05, 4.69) is 29.4 Å². The standard InChI is InChI=1S/C10H13N3O2/c1-10(2)5-7(10)11-8-4-3-6(9(14)15)12-13-8/h3-4,7H,5H2,1-2H3,(H,11,13)(H,14,15). The average molecular weight is 207 g/mol. The SMILES string of the molecule is CC1(C)CC1Nc1ccc(C(=O)O)nn1. The molecule has 0 aromatic carbocycles. The molecule has 1 unspecified atom stereocenters. The molecule has 1 atom stereocenters. The Labute approximate surface area is 87.5 Å². The van der Waals surface area contributed by atoms with E-state index >= 15 is 0 Å². The fraction of sp³-hybridized carbons (Fsp3) is 0.500. The summed E-state index contributed by atoms with van der Waals surface area (Å²) in [6, 6.07) is 3.51. The lowest BCUT2D eigenvalue weighted by Crippen LogP contribution is -2.11. The summed E-state index contributed by atoms with van der Waals surface area (Å²) in [6.45, 7) is 4.34. The summed E-state index contributed by atoms with van der Waals surface area (Å²) < 4.78 is 0. The van der Waals surface area contributed by atoms with E-state index in [-0.39, 0.29) is 5.69 Å². The summed E-state index contributed by atoms with van der Waals surface area (Å²) in [5.74, 6) is -0.420. The smallest absolute Gasteiger partial charge is 0.356 e. The van der Waals surface area contributed by atoms with E-state index < -0.39 is 5.97 Å². The third-order valence-electron chi connectivity index (χ3n) is 2.72. The second-order valence-corrected chi connectivity index (χ2v) is 4.50. The van der Waals surface area contributed by atoms with Crippen LogP contribution in [0.1, 0.15) is 30.8 Å². The Kier molecular flexibility index (Phi) is 2.10. The van der Waals surface area contributed by atoms with Crippen LogP contribution in [-0.2, 0) is 0 Å². The van der Waals surface area contributed by atoms with Crippen molar-refractivity contribution in [3.05, 3.63) is 17.8 Å². The molecule has 0 bridgehead atoms. The van der Waals surface area contributed by atoms with Crippen LogP contribution in [-0.4, -0.2) is 27.3 Å². The number of hydrogen-bond acceptors (Lipinski definition) is 4. The molecule has 0 aliphatic heterocycles. The molecule has 0 amide bonds. The second-order valence-electron chi connectivity index (χ2n) is 4.50. The number of aromatic nitrogens is 2. The number of nitrogens with one attached hydrogen (secondary N) is 1. The number of anilines is 1. The third kappa shape index (κ3) is 2.06. The van der Waals surface area contributed by atoms with Gasteiger partial charge >= 0.3 is 5.97 Å². The first kappa shape index (κ1) is 9.89. The minimum absolute atomic E-state index is 0.0318. The number of carboxylic acids is 1. The normalized spacial score (nSPS) is 22.1. The van der Waals surface area contributed by atoms with Gasteiger partial charge in [0.1, 0.15) is 5.82 Å². The molecule has 15 heavy (non-hydrogen) atoms. The summed E-state index contributed by atoms with van der Waals surface area (Å²) >= 11 is 0. The van der Waals surface area contributed by atoms with Gasteiger partial charge in [0.15, 0.2) is 5.69 Å². The van der Waals surface area contributed by atoms with Gasteiger partial charge in [0.05, 0.1) is 0 Å². The Hall–Kier alpha value is -1.65. The minimum atomic E-state index is -1.05. The quantitative estimate of drug-likeness (QED) is 0.783. The zero-order chi connectivity index (χ0) is 11.1. The fourth-order valence-electron chi connectivity index (χ4n) is 1.42. The van der Waals surface area contributed by atoms with Crippen LogP contribution in [0.5, 0.6) is 0 Å². The lowest BCUT2D eigenvalue weighted by atomic mass is 10.2. The molecule has 80 valence electrons. The lowest BCUT2D eigenvalue weighted by molar-refractivity contribution is 0.0689. The van der Waals surface area contributed by atoms with Gasteiger partial charge in [-0.3, -0.25) is 0 Å². The predicted octanol–water partition coefficient (Wildman–Crippen LogP) is 1.39. The van der Waals surface area contributed by atoms with Gasteiger partial charge < -0.3 is 10.4 Å². The van der Waals surface area contributed by atoms with Crippen LogP contribution < -0.4 is 5.32 Å². The van der Waals surface area contributed by atoms with E-state index in [1.54, 1.807) is 6.07 Å². The van der Waals surface area contributed by atoms with Gasteiger partial charge in [-0.25, -0.2) is 4.79 Å². The lowest BCUT2D eigenvalue weighted by Gasteiger charge is -2.06. The Morgan fingerprint density at radius 2 is 2.20 bits per heavy atom. The monoisotopic (exact) mass is 207 g/mol. The van der Waals surface area contributed by atoms with Gasteiger partial charge in [0, 0.05) is 6.04 Å². The molecule has 2 rings (SSSR count). The Morgan fingerprint density at radius 3 is 2.60 bits per heavy atom. The van der Waals surface area contributed by atoms with Crippen molar-refractivity contribution in [2.75, 3.05) is 5.32 Å². The highest BCUT2D eigenvalue weighted by Gasteiger charge is 2.45. The average Bonchev–Trinajstić information content (AvgIpc) is 2.74. The van der Waals surface area contributed by atoms with Crippen molar-refractivity contribution < 1.29 is 9.90 Å².